The minimum absolute atomic E-state index is 0.0191. The van der Waals surface area contributed by atoms with E-state index in [0.717, 1.165) is 24.8 Å². The van der Waals surface area contributed by atoms with Crippen LogP contribution in [0.1, 0.15) is 126 Å². The predicted molar refractivity (Wildman–Crippen MR) is 251 cm³/mol. The molecule has 3 heterocycles. The Morgan fingerprint density at radius 1 is 0.803 bits per heavy atom. The van der Waals surface area contributed by atoms with Gasteiger partial charge in [-0.1, -0.05) is 71.1 Å². The zero-order valence-electron chi connectivity index (χ0n) is 41.7. The van der Waals surface area contributed by atoms with E-state index in [4.69, 9.17) is 28.4 Å². The molecular weight excluding hydrogens is 847 g/mol. The van der Waals surface area contributed by atoms with Crippen LogP contribution < -0.4 is 0 Å². The van der Waals surface area contributed by atoms with Gasteiger partial charge in [-0.05, 0) is 107 Å². The Labute approximate surface area is 394 Å². The third-order valence-electron chi connectivity index (χ3n) is 14.9. The summed E-state index contributed by atoms with van der Waals surface area (Å²) in [4.78, 5) is 57.9. The van der Waals surface area contributed by atoms with Gasteiger partial charge in [0.2, 0.25) is 5.79 Å². The summed E-state index contributed by atoms with van der Waals surface area (Å²) in [6, 6.07) is -1.09. The van der Waals surface area contributed by atoms with E-state index in [0.29, 0.717) is 50.5 Å². The van der Waals surface area contributed by atoms with Crippen LogP contribution in [-0.4, -0.2) is 139 Å². The SMILES string of the molecule is CO[C@H]1C[C@@H]2CC[C@@H](C)[C@@](O)(O2)C(=O)C(=O)N2CCCC[C@H]2C(=O)O[C@H]([C@H](C)C[C@@H]2CC[C@@H](OC)[C@H](OC)C2)C[C@@H](O)[C@H](C)/C=C(\C)[C@@H](O)[C@@H](OC)C(=O)[C@H](C)C[C@H](C)/C=C/C=C/C=C/1C. The molecule has 14 heteroatoms. The van der Waals surface area contributed by atoms with E-state index < -0.39 is 83.9 Å². The molecule has 0 spiro atoms. The molecular formula is C52H83NO13. The maximum Gasteiger partial charge on any atom is 0.329 e. The van der Waals surface area contributed by atoms with Crippen LogP contribution in [0.5, 0.6) is 0 Å². The fourth-order valence-corrected chi connectivity index (χ4v) is 10.5. The molecule has 14 nitrogen and oxygen atoms in total. The number of fused-ring (bicyclic) bond motifs is 3. The van der Waals surface area contributed by atoms with Crippen molar-refractivity contribution in [2.24, 2.45) is 35.5 Å². The van der Waals surface area contributed by atoms with Crippen LogP contribution in [-0.2, 0) is 47.6 Å². The second-order valence-corrected chi connectivity index (χ2v) is 20.0. The van der Waals surface area contributed by atoms with Gasteiger partial charge in [-0.25, -0.2) is 4.79 Å². The second kappa shape index (κ2) is 26.1. The Hall–Kier alpha value is -3.08. The molecule has 16 atom stereocenters. The Morgan fingerprint density at radius 2 is 1.52 bits per heavy atom. The lowest BCUT2D eigenvalue weighted by Crippen LogP contribution is -2.61. The highest BCUT2D eigenvalue weighted by Gasteiger charge is 2.53. The molecule has 4 aliphatic rings. The monoisotopic (exact) mass is 930 g/mol. The lowest BCUT2D eigenvalue weighted by molar-refractivity contribution is -0.265. The van der Waals surface area contributed by atoms with Gasteiger partial charge < -0.3 is 48.6 Å². The summed E-state index contributed by atoms with van der Waals surface area (Å²) in [5.41, 5.74) is 1.35. The topological polar surface area (TPSA) is 188 Å². The molecule has 3 aliphatic heterocycles. The Kier molecular flexibility index (Phi) is 21.9. The van der Waals surface area contributed by atoms with Crippen molar-refractivity contribution in [3.05, 3.63) is 47.6 Å². The van der Waals surface area contributed by atoms with Crippen molar-refractivity contribution in [3.8, 4) is 0 Å². The summed E-state index contributed by atoms with van der Waals surface area (Å²) in [5, 5.41) is 35.3. The summed E-state index contributed by atoms with van der Waals surface area (Å²) in [6.45, 7) is 13.1. The Balaban J connectivity index is 1.70. The molecule has 2 saturated heterocycles. The minimum Gasteiger partial charge on any atom is -0.460 e. The zero-order valence-corrected chi connectivity index (χ0v) is 41.7. The first-order valence-corrected chi connectivity index (χ1v) is 24.5. The fourth-order valence-electron chi connectivity index (χ4n) is 10.5. The van der Waals surface area contributed by atoms with Crippen molar-refractivity contribution in [2.45, 2.75) is 186 Å². The number of nitrogens with zero attached hydrogens (tertiary/aromatic N) is 1. The maximum atomic E-state index is 14.4. The molecule has 1 amide bonds. The molecule has 3 N–H and O–H groups in total. The molecule has 1 saturated carbocycles. The van der Waals surface area contributed by atoms with E-state index in [9.17, 15) is 34.5 Å². The van der Waals surface area contributed by atoms with Crippen LogP contribution in [0.2, 0.25) is 0 Å². The molecule has 0 aromatic heterocycles. The quantitative estimate of drug-likeness (QED) is 0.141. The van der Waals surface area contributed by atoms with Crippen LogP contribution in [0.4, 0.5) is 0 Å². The molecule has 66 heavy (non-hydrogen) atoms. The number of carbonyl (C=O) groups excluding carboxylic acids is 4. The van der Waals surface area contributed by atoms with Crippen molar-refractivity contribution < 1.29 is 62.9 Å². The number of ether oxygens (including phenoxy) is 6. The second-order valence-electron chi connectivity index (χ2n) is 20.0. The zero-order chi connectivity index (χ0) is 48.9. The standard InChI is InChI=1S/C52H83NO13/c1-31-17-13-12-14-18-32(2)43(62-9)29-39-22-20-37(7)52(60,66-39)49(57)50(58)53-24-16-15-19-40(53)51(59)65-44(34(4)27-38-21-23-42(61-8)45(28-38)63-10)30-41(54)33(3)26-36(6)47(56)48(64-11)46(55)35(5)25-31/h12-14,17-18,26,31,33-35,37-45,47-48,54,56,60H,15-16,19-25,27-30H2,1-11H3/b14-12+,17-13+,32-18+,36-26+/t31-,33-,34-,35-,37-,38+,39+,40+,41-,42-,43+,44+,45-,47-,48+,52-/m1/s1. The van der Waals surface area contributed by atoms with Gasteiger partial charge in [0.1, 0.15) is 24.4 Å². The third kappa shape index (κ3) is 14.5. The van der Waals surface area contributed by atoms with Crippen LogP contribution >= 0.6 is 0 Å². The van der Waals surface area contributed by atoms with E-state index in [-0.39, 0.29) is 55.1 Å². The third-order valence-corrected chi connectivity index (χ3v) is 14.9. The summed E-state index contributed by atoms with van der Waals surface area (Å²) >= 11 is 0. The minimum atomic E-state index is -2.41. The van der Waals surface area contributed by atoms with Crippen molar-refractivity contribution in [1.29, 1.82) is 0 Å². The van der Waals surface area contributed by atoms with Gasteiger partial charge in [-0.15, -0.1) is 0 Å². The highest BCUT2D eigenvalue weighted by molar-refractivity contribution is 6.39. The molecule has 0 unspecified atom stereocenters. The summed E-state index contributed by atoms with van der Waals surface area (Å²) in [6.07, 6.45) is 12.4. The number of amides is 1. The summed E-state index contributed by atoms with van der Waals surface area (Å²) in [5.74, 6) is -7.04. The van der Waals surface area contributed by atoms with Crippen molar-refractivity contribution in [1.82, 2.24) is 4.90 Å². The molecule has 374 valence electrons. The van der Waals surface area contributed by atoms with E-state index >= 15 is 0 Å². The van der Waals surface area contributed by atoms with Gasteiger partial charge in [-0.2, -0.15) is 0 Å². The van der Waals surface area contributed by atoms with E-state index in [2.05, 4.69) is 0 Å². The number of carbonyl (C=O) groups is 4. The number of rotatable bonds is 7. The lowest BCUT2D eigenvalue weighted by atomic mass is 9.78. The Bertz CT molecular complexity index is 1730. The first-order chi connectivity index (χ1) is 31.3. The number of ketones is 2. The number of aliphatic hydroxyl groups excluding tert-OH is 2. The van der Waals surface area contributed by atoms with Gasteiger partial charge in [0.15, 0.2) is 5.78 Å². The average molecular weight is 930 g/mol. The van der Waals surface area contributed by atoms with Crippen LogP contribution in [0.15, 0.2) is 47.6 Å². The molecule has 0 aromatic rings. The van der Waals surface area contributed by atoms with Gasteiger partial charge in [-0.3, -0.25) is 14.4 Å². The summed E-state index contributed by atoms with van der Waals surface area (Å²) in [7, 11) is 6.35. The number of cyclic esters (lactones) is 1. The van der Waals surface area contributed by atoms with Gasteiger partial charge in [0.05, 0.1) is 30.5 Å². The number of esters is 1. The van der Waals surface area contributed by atoms with Gasteiger partial charge >= 0.3 is 5.97 Å². The highest BCUT2D eigenvalue weighted by atomic mass is 16.6. The first kappa shape index (κ1) is 55.5. The van der Waals surface area contributed by atoms with Crippen LogP contribution in [0, 0.1) is 35.5 Å². The molecule has 1 aliphatic carbocycles. The number of hydrogen-bond acceptors (Lipinski definition) is 13. The highest BCUT2D eigenvalue weighted by Crippen LogP contribution is 2.38. The number of hydrogen-bond donors (Lipinski definition) is 3. The molecule has 2 bridgehead atoms. The van der Waals surface area contributed by atoms with E-state index in [1.54, 1.807) is 48.2 Å². The summed E-state index contributed by atoms with van der Waals surface area (Å²) < 4.78 is 35.5. The molecule has 4 rings (SSSR count). The van der Waals surface area contributed by atoms with Crippen molar-refractivity contribution in [2.75, 3.05) is 35.0 Å². The first-order valence-electron chi connectivity index (χ1n) is 24.5. The van der Waals surface area contributed by atoms with Gasteiger partial charge in [0.25, 0.3) is 11.7 Å². The largest absolute Gasteiger partial charge is 0.460 e. The van der Waals surface area contributed by atoms with Crippen LogP contribution in [0.25, 0.3) is 0 Å². The van der Waals surface area contributed by atoms with Crippen LogP contribution in [0.3, 0.4) is 0 Å². The Morgan fingerprint density at radius 3 is 2.18 bits per heavy atom. The van der Waals surface area contributed by atoms with E-state index in [1.165, 1.54) is 12.0 Å². The predicted octanol–water partition coefficient (Wildman–Crippen LogP) is 6.63. The average Bonchev–Trinajstić information content (AvgIpc) is 3.30. The maximum absolute atomic E-state index is 14.4. The lowest BCUT2D eigenvalue weighted by Gasteiger charge is -2.43. The molecule has 3 fully saturated rings. The van der Waals surface area contributed by atoms with Gasteiger partial charge in [0, 0.05) is 65.6 Å². The number of methoxy groups -OCH3 is 4. The van der Waals surface area contributed by atoms with Crippen molar-refractivity contribution in [3.63, 3.8) is 0 Å². The number of allylic oxidation sites excluding steroid dienone is 5. The van der Waals surface area contributed by atoms with E-state index in [1.807, 2.05) is 58.1 Å². The number of Topliss-reactive ketones (excluding diaryl/α,β-unsaturated/α-hetero) is 2. The molecule has 0 aromatic carbocycles. The smallest absolute Gasteiger partial charge is 0.329 e. The number of piperidine rings is 1. The molecule has 0 radical (unpaired) electrons. The van der Waals surface area contributed by atoms with Crippen molar-refractivity contribution >= 4 is 23.4 Å². The fraction of sp³-hybridized carbons (Fsp3) is 0.769. The normalized spacial score (nSPS) is 41.1. The number of aliphatic hydroxyl groups is 3.